The molecule has 2 aromatic carbocycles. The third-order valence-electron chi connectivity index (χ3n) is 2.65. The Kier molecular flexibility index (Phi) is 4.20. The highest BCUT2D eigenvalue weighted by molar-refractivity contribution is 7.98. The number of halogens is 1. The van der Waals surface area contributed by atoms with Crippen molar-refractivity contribution in [3.8, 4) is 0 Å². The SMILES string of the molecule is Cc1cc(C)cc(CSc2cc(Cl)ccc2N)c1. The molecule has 0 saturated carbocycles. The molecule has 0 bridgehead atoms. The molecule has 3 heteroatoms. The fourth-order valence-corrected chi connectivity index (χ4v) is 3.12. The van der Waals surface area contributed by atoms with Gasteiger partial charge in [-0.05, 0) is 37.6 Å². The maximum absolute atomic E-state index is 5.98. The molecule has 0 spiro atoms. The summed E-state index contributed by atoms with van der Waals surface area (Å²) in [6.07, 6.45) is 0. The zero-order valence-corrected chi connectivity index (χ0v) is 12.1. The van der Waals surface area contributed by atoms with Gasteiger partial charge in [0.15, 0.2) is 0 Å². The Hall–Kier alpha value is -1.12. The zero-order chi connectivity index (χ0) is 13.1. The zero-order valence-electron chi connectivity index (χ0n) is 10.5. The second-order valence-electron chi connectivity index (χ2n) is 4.47. The van der Waals surface area contributed by atoms with E-state index in [1.807, 2.05) is 18.2 Å². The summed E-state index contributed by atoms with van der Waals surface area (Å²) in [6.45, 7) is 4.24. The number of benzene rings is 2. The Labute approximate surface area is 117 Å². The van der Waals surface area contributed by atoms with Crippen molar-refractivity contribution in [2.45, 2.75) is 24.5 Å². The Morgan fingerprint density at radius 2 is 1.72 bits per heavy atom. The lowest BCUT2D eigenvalue weighted by Crippen LogP contribution is -1.90. The van der Waals surface area contributed by atoms with Crippen molar-refractivity contribution in [3.63, 3.8) is 0 Å². The Bertz CT molecular complexity index is 546. The van der Waals surface area contributed by atoms with Crippen molar-refractivity contribution in [1.82, 2.24) is 0 Å². The van der Waals surface area contributed by atoms with Crippen molar-refractivity contribution in [1.29, 1.82) is 0 Å². The van der Waals surface area contributed by atoms with Crippen molar-refractivity contribution in [2.75, 3.05) is 5.73 Å². The minimum atomic E-state index is 0.729. The molecule has 0 radical (unpaired) electrons. The first-order valence-corrected chi connectivity index (χ1v) is 7.16. The summed E-state index contributed by atoms with van der Waals surface area (Å²) in [4.78, 5) is 1.04. The number of aryl methyl sites for hydroxylation is 2. The van der Waals surface area contributed by atoms with E-state index in [2.05, 4.69) is 32.0 Å². The van der Waals surface area contributed by atoms with Crippen LogP contribution in [0.4, 0.5) is 5.69 Å². The van der Waals surface area contributed by atoms with Crippen LogP contribution in [0.5, 0.6) is 0 Å². The molecule has 0 heterocycles. The Morgan fingerprint density at radius 3 is 2.39 bits per heavy atom. The van der Waals surface area contributed by atoms with E-state index in [-0.39, 0.29) is 0 Å². The highest BCUT2D eigenvalue weighted by Crippen LogP contribution is 2.30. The maximum atomic E-state index is 5.98. The van der Waals surface area contributed by atoms with Gasteiger partial charge in [-0.1, -0.05) is 40.9 Å². The van der Waals surface area contributed by atoms with Crippen LogP contribution >= 0.6 is 23.4 Å². The standard InChI is InChI=1S/C15H16ClNS/c1-10-5-11(2)7-12(6-10)9-18-15-8-13(16)3-4-14(15)17/h3-8H,9,17H2,1-2H3. The second kappa shape index (κ2) is 5.68. The average molecular weight is 278 g/mol. The molecule has 18 heavy (non-hydrogen) atoms. The molecule has 2 rings (SSSR count). The third kappa shape index (κ3) is 3.44. The van der Waals surface area contributed by atoms with Crippen LogP contribution in [0.3, 0.4) is 0 Å². The summed E-state index contributed by atoms with van der Waals surface area (Å²) >= 11 is 7.70. The summed E-state index contributed by atoms with van der Waals surface area (Å²) in [5.74, 6) is 0.910. The van der Waals surface area contributed by atoms with Crippen molar-refractivity contribution < 1.29 is 0 Å². The van der Waals surface area contributed by atoms with Gasteiger partial charge in [0.25, 0.3) is 0 Å². The lowest BCUT2D eigenvalue weighted by atomic mass is 10.1. The fraction of sp³-hybridized carbons (Fsp3) is 0.200. The van der Waals surface area contributed by atoms with Crippen LogP contribution in [-0.4, -0.2) is 0 Å². The van der Waals surface area contributed by atoms with E-state index in [0.29, 0.717) is 0 Å². The van der Waals surface area contributed by atoms with Crippen LogP contribution in [0.2, 0.25) is 5.02 Å². The number of nitrogen functional groups attached to an aromatic ring is 1. The smallest absolute Gasteiger partial charge is 0.0453 e. The van der Waals surface area contributed by atoms with Gasteiger partial charge in [0.1, 0.15) is 0 Å². The summed E-state index contributed by atoms with van der Waals surface area (Å²) in [5.41, 5.74) is 10.6. The van der Waals surface area contributed by atoms with Crippen LogP contribution in [0, 0.1) is 13.8 Å². The minimum absolute atomic E-state index is 0.729. The van der Waals surface area contributed by atoms with Crippen LogP contribution in [0.1, 0.15) is 16.7 Å². The molecule has 0 aliphatic heterocycles. The quantitative estimate of drug-likeness (QED) is 0.642. The summed E-state index contributed by atoms with van der Waals surface area (Å²) in [7, 11) is 0. The molecule has 0 aliphatic rings. The minimum Gasteiger partial charge on any atom is -0.398 e. The van der Waals surface area contributed by atoms with E-state index in [1.165, 1.54) is 16.7 Å². The van der Waals surface area contributed by atoms with E-state index < -0.39 is 0 Å². The van der Waals surface area contributed by atoms with Gasteiger partial charge in [-0.3, -0.25) is 0 Å². The number of hydrogen-bond acceptors (Lipinski definition) is 2. The van der Waals surface area contributed by atoms with Gasteiger partial charge < -0.3 is 5.73 Å². The summed E-state index contributed by atoms with van der Waals surface area (Å²) < 4.78 is 0. The molecule has 0 saturated heterocycles. The first-order valence-electron chi connectivity index (χ1n) is 5.79. The molecule has 94 valence electrons. The molecule has 0 unspecified atom stereocenters. The predicted octanol–water partition coefficient (Wildman–Crippen LogP) is 4.83. The van der Waals surface area contributed by atoms with Gasteiger partial charge >= 0.3 is 0 Å². The van der Waals surface area contributed by atoms with Gasteiger partial charge in [0.2, 0.25) is 0 Å². The van der Waals surface area contributed by atoms with Crippen molar-refractivity contribution in [3.05, 3.63) is 58.1 Å². The summed E-state index contributed by atoms with van der Waals surface area (Å²) in [6, 6.07) is 12.2. The largest absolute Gasteiger partial charge is 0.398 e. The normalized spacial score (nSPS) is 10.6. The lowest BCUT2D eigenvalue weighted by molar-refractivity contribution is 1.29. The van der Waals surface area contributed by atoms with E-state index in [4.69, 9.17) is 17.3 Å². The molecule has 0 aromatic heterocycles. The van der Waals surface area contributed by atoms with Crippen LogP contribution < -0.4 is 5.73 Å². The molecule has 2 aromatic rings. The van der Waals surface area contributed by atoms with E-state index in [1.54, 1.807) is 11.8 Å². The number of rotatable bonds is 3. The molecular formula is C15H16ClNS. The monoisotopic (exact) mass is 277 g/mol. The number of thioether (sulfide) groups is 1. The summed E-state index contributed by atoms with van der Waals surface area (Å²) in [5, 5.41) is 0.729. The number of hydrogen-bond donors (Lipinski definition) is 1. The van der Waals surface area contributed by atoms with E-state index in [9.17, 15) is 0 Å². The van der Waals surface area contributed by atoms with Gasteiger partial charge in [0, 0.05) is 21.4 Å². The molecule has 0 fully saturated rings. The Balaban J connectivity index is 2.13. The molecule has 0 amide bonds. The Morgan fingerprint density at radius 1 is 1.06 bits per heavy atom. The van der Waals surface area contributed by atoms with Gasteiger partial charge in [-0.15, -0.1) is 11.8 Å². The van der Waals surface area contributed by atoms with Gasteiger partial charge in [-0.25, -0.2) is 0 Å². The second-order valence-corrected chi connectivity index (χ2v) is 5.92. The van der Waals surface area contributed by atoms with Crippen molar-refractivity contribution >= 4 is 29.1 Å². The van der Waals surface area contributed by atoms with Crippen LogP contribution in [-0.2, 0) is 5.75 Å². The average Bonchev–Trinajstić information content (AvgIpc) is 2.29. The highest BCUT2D eigenvalue weighted by atomic mass is 35.5. The highest BCUT2D eigenvalue weighted by Gasteiger charge is 2.03. The lowest BCUT2D eigenvalue weighted by Gasteiger charge is -2.07. The van der Waals surface area contributed by atoms with E-state index in [0.717, 1.165) is 21.4 Å². The molecule has 0 atom stereocenters. The first-order chi connectivity index (χ1) is 8.54. The van der Waals surface area contributed by atoms with Gasteiger partial charge in [0.05, 0.1) is 0 Å². The van der Waals surface area contributed by atoms with Crippen LogP contribution in [0.15, 0.2) is 41.3 Å². The predicted molar refractivity (Wildman–Crippen MR) is 81.3 cm³/mol. The first kappa shape index (κ1) is 13.3. The molecular weight excluding hydrogens is 262 g/mol. The molecule has 1 nitrogen and oxygen atoms in total. The van der Waals surface area contributed by atoms with Gasteiger partial charge in [-0.2, -0.15) is 0 Å². The number of anilines is 1. The molecule has 2 N–H and O–H groups in total. The van der Waals surface area contributed by atoms with E-state index >= 15 is 0 Å². The number of nitrogens with two attached hydrogens (primary N) is 1. The topological polar surface area (TPSA) is 26.0 Å². The molecule has 0 aliphatic carbocycles. The van der Waals surface area contributed by atoms with Crippen LogP contribution in [0.25, 0.3) is 0 Å². The third-order valence-corrected chi connectivity index (χ3v) is 4.03. The van der Waals surface area contributed by atoms with Crippen molar-refractivity contribution in [2.24, 2.45) is 0 Å². The maximum Gasteiger partial charge on any atom is 0.0453 e. The fourth-order valence-electron chi connectivity index (χ4n) is 1.95.